The van der Waals surface area contributed by atoms with E-state index in [2.05, 4.69) is 56.5 Å². The summed E-state index contributed by atoms with van der Waals surface area (Å²) >= 11 is 0. The molecule has 0 fully saturated rings. The van der Waals surface area contributed by atoms with E-state index >= 15 is 0 Å². The standard InChI is InChI=1S/C17H21N/c1-11(2)18-16-7-5-12(3)9-14(16)15-10-13(4)6-8-17(15)18/h5,7,9-11H,6,8H2,1-4H3. The van der Waals surface area contributed by atoms with E-state index in [4.69, 9.17) is 0 Å². The van der Waals surface area contributed by atoms with Crippen molar-refractivity contribution in [3.63, 3.8) is 0 Å². The van der Waals surface area contributed by atoms with Crippen LogP contribution in [0.4, 0.5) is 0 Å². The number of hydrogen-bond acceptors (Lipinski definition) is 0. The van der Waals surface area contributed by atoms with Gasteiger partial charge in [-0.3, -0.25) is 0 Å². The predicted octanol–water partition coefficient (Wildman–Crippen LogP) is 4.88. The summed E-state index contributed by atoms with van der Waals surface area (Å²) in [6, 6.07) is 7.38. The molecular weight excluding hydrogens is 218 g/mol. The van der Waals surface area contributed by atoms with Gasteiger partial charge < -0.3 is 4.57 Å². The second-order valence-corrected chi connectivity index (χ2v) is 5.84. The third-order valence-electron chi connectivity index (χ3n) is 3.97. The van der Waals surface area contributed by atoms with Crippen molar-refractivity contribution in [2.75, 3.05) is 0 Å². The molecule has 3 rings (SSSR count). The molecule has 1 aliphatic rings. The minimum Gasteiger partial charge on any atom is -0.341 e. The molecule has 1 heterocycles. The lowest BCUT2D eigenvalue weighted by molar-refractivity contribution is 0.590. The van der Waals surface area contributed by atoms with Crippen LogP contribution in [0.3, 0.4) is 0 Å². The lowest BCUT2D eigenvalue weighted by atomic mass is 9.96. The molecule has 18 heavy (non-hydrogen) atoms. The molecule has 0 saturated heterocycles. The van der Waals surface area contributed by atoms with Crippen LogP contribution in [0.5, 0.6) is 0 Å². The summed E-state index contributed by atoms with van der Waals surface area (Å²) < 4.78 is 2.52. The first kappa shape index (κ1) is 11.6. The summed E-state index contributed by atoms with van der Waals surface area (Å²) in [4.78, 5) is 0. The van der Waals surface area contributed by atoms with Gasteiger partial charge in [0.25, 0.3) is 0 Å². The van der Waals surface area contributed by atoms with Gasteiger partial charge in [-0.05, 0) is 52.7 Å². The summed E-state index contributed by atoms with van der Waals surface area (Å²) in [5, 5.41) is 1.43. The van der Waals surface area contributed by atoms with Crippen molar-refractivity contribution in [2.24, 2.45) is 0 Å². The maximum atomic E-state index is 2.52. The molecule has 0 amide bonds. The number of fused-ring (bicyclic) bond motifs is 3. The Morgan fingerprint density at radius 1 is 1.11 bits per heavy atom. The third kappa shape index (κ3) is 1.61. The highest BCUT2D eigenvalue weighted by Gasteiger charge is 2.20. The Morgan fingerprint density at radius 2 is 1.89 bits per heavy atom. The number of nitrogens with zero attached hydrogens (tertiary/aromatic N) is 1. The Balaban J connectivity index is 2.42. The summed E-state index contributed by atoms with van der Waals surface area (Å²) in [5.41, 5.74) is 7.24. The largest absolute Gasteiger partial charge is 0.341 e. The Kier molecular flexibility index (Phi) is 2.58. The van der Waals surface area contributed by atoms with Crippen molar-refractivity contribution < 1.29 is 0 Å². The fourth-order valence-corrected chi connectivity index (χ4v) is 3.15. The fourth-order valence-electron chi connectivity index (χ4n) is 3.15. The van der Waals surface area contributed by atoms with Gasteiger partial charge >= 0.3 is 0 Å². The number of allylic oxidation sites excluding steroid dienone is 1. The van der Waals surface area contributed by atoms with Crippen LogP contribution in [-0.2, 0) is 6.42 Å². The van der Waals surface area contributed by atoms with Crippen LogP contribution in [-0.4, -0.2) is 4.57 Å². The van der Waals surface area contributed by atoms with Gasteiger partial charge in [0, 0.05) is 28.2 Å². The van der Waals surface area contributed by atoms with Gasteiger partial charge in [-0.15, -0.1) is 0 Å². The molecular formula is C17H21N. The number of benzene rings is 1. The van der Waals surface area contributed by atoms with Gasteiger partial charge in [-0.25, -0.2) is 0 Å². The van der Waals surface area contributed by atoms with Crippen LogP contribution in [0.1, 0.15) is 50.1 Å². The summed E-state index contributed by atoms with van der Waals surface area (Å²) in [6.45, 7) is 8.99. The predicted molar refractivity (Wildman–Crippen MR) is 79.0 cm³/mol. The number of rotatable bonds is 1. The van der Waals surface area contributed by atoms with E-state index in [1.54, 1.807) is 0 Å². The molecule has 0 bridgehead atoms. The molecule has 1 aromatic heterocycles. The van der Waals surface area contributed by atoms with Gasteiger partial charge in [-0.2, -0.15) is 0 Å². The number of hydrogen-bond donors (Lipinski definition) is 0. The van der Waals surface area contributed by atoms with E-state index in [9.17, 15) is 0 Å². The zero-order valence-electron chi connectivity index (χ0n) is 11.7. The lowest BCUT2D eigenvalue weighted by Gasteiger charge is -2.18. The molecule has 0 spiro atoms. The Hall–Kier alpha value is -1.50. The SMILES string of the molecule is CC1=Cc2c(n(C(C)C)c3ccc(C)cc23)CC1. The molecule has 0 radical (unpaired) electrons. The van der Waals surface area contributed by atoms with Gasteiger partial charge in [0.15, 0.2) is 0 Å². The summed E-state index contributed by atoms with van der Waals surface area (Å²) in [5.74, 6) is 0. The van der Waals surface area contributed by atoms with Crippen LogP contribution in [0.2, 0.25) is 0 Å². The summed E-state index contributed by atoms with van der Waals surface area (Å²) in [6.07, 6.45) is 4.78. The average Bonchev–Trinajstić information content (AvgIpc) is 2.62. The minimum atomic E-state index is 0.533. The van der Waals surface area contributed by atoms with Gasteiger partial charge in [0.05, 0.1) is 0 Å². The van der Waals surface area contributed by atoms with Crippen molar-refractivity contribution in [3.8, 4) is 0 Å². The van der Waals surface area contributed by atoms with Crippen LogP contribution in [0, 0.1) is 6.92 Å². The van der Waals surface area contributed by atoms with Crippen molar-refractivity contribution in [2.45, 2.75) is 46.6 Å². The molecule has 94 valence electrons. The molecule has 2 aromatic rings. The van der Waals surface area contributed by atoms with E-state index in [-0.39, 0.29) is 0 Å². The van der Waals surface area contributed by atoms with Crippen molar-refractivity contribution >= 4 is 17.0 Å². The molecule has 0 aliphatic heterocycles. The van der Waals surface area contributed by atoms with E-state index in [0.29, 0.717) is 6.04 Å². The number of aryl methyl sites for hydroxylation is 1. The first-order chi connectivity index (χ1) is 8.58. The minimum absolute atomic E-state index is 0.533. The molecule has 1 aromatic carbocycles. The van der Waals surface area contributed by atoms with Crippen LogP contribution < -0.4 is 0 Å². The Bertz CT molecular complexity index is 641. The second kappa shape index (κ2) is 4.01. The Morgan fingerprint density at radius 3 is 2.61 bits per heavy atom. The Labute approximate surface area is 109 Å². The van der Waals surface area contributed by atoms with Gasteiger partial charge in [0.2, 0.25) is 0 Å². The topological polar surface area (TPSA) is 4.93 Å². The molecule has 1 aliphatic carbocycles. The molecule has 0 N–H and O–H groups in total. The van der Waals surface area contributed by atoms with Crippen LogP contribution in [0.25, 0.3) is 17.0 Å². The first-order valence-corrected chi connectivity index (χ1v) is 6.88. The molecule has 0 atom stereocenters. The van der Waals surface area contributed by atoms with Crippen LogP contribution in [0.15, 0.2) is 23.8 Å². The molecule has 1 heteroatoms. The van der Waals surface area contributed by atoms with Gasteiger partial charge in [-0.1, -0.05) is 23.3 Å². The van der Waals surface area contributed by atoms with Crippen molar-refractivity contribution in [3.05, 3.63) is 40.6 Å². The quantitative estimate of drug-likeness (QED) is 0.668. The molecule has 0 unspecified atom stereocenters. The normalized spacial score (nSPS) is 15.1. The third-order valence-corrected chi connectivity index (χ3v) is 3.97. The fraction of sp³-hybridized carbons (Fsp3) is 0.412. The highest BCUT2D eigenvalue weighted by molar-refractivity contribution is 5.93. The maximum absolute atomic E-state index is 2.52. The van der Waals surface area contributed by atoms with Crippen LogP contribution >= 0.6 is 0 Å². The highest BCUT2D eigenvalue weighted by Crippen LogP contribution is 2.35. The maximum Gasteiger partial charge on any atom is 0.0491 e. The van der Waals surface area contributed by atoms with E-state index in [1.807, 2.05) is 0 Å². The summed E-state index contributed by atoms with van der Waals surface area (Å²) in [7, 11) is 0. The van der Waals surface area contributed by atoms with E-state index < -0.39 is 0 Å². The van der Waals surface area contributed by atoms with E-state index in [0.717, 1.165) is 0 Å². The van der Waals surface area contributed by atoms with Crippen molar-refractivity contribution in [1.29, 1.82) is 0 Å². The number of aromatic nitrogens is 1. The first-order valence-electron chi connectivity index (χ1n) is 6.88. The monoisotopic (exact) mass is 239 g/mol. The zero-order valence-corrected chi connectivity index (χ0v) is 11.7. The molecule has 1 nitrogen and oxygen atoms in total. The molecule has 0 saturated carbocycles. The van der Waals surface area contributed by atoms with Crippen molar-refractivity contribution in [1.82, 2.24) is 4.57 Å². The van der Waals surface area contributed by atoms with E-state index in [1.165, 1.54) is 46.1 Å². The highest BCUT2D eigenvalue weighted by atomic mass is 15.0. The zero-order chi connectivity index (χ0) is 12.9. The van der Waals surface area contributed by atoms with Gasteiger partial charge in [0.1, 0.15) is 0 Å². The second-order valence-electron chi connectivity index (χ2n) is 5.84. The average molecular weight is 239 g/mol. The lowest BCUT2D eigenvalue weighted by Crippen LogP contribution is -2.08. The smallest absolute Gasteiger partial charge is 0.0491 e.